The number of halogens is 2. The SMILES string of the molecule is C=CC(=O)Nc1cnn(CCOC)c1-c1cc2c(=O)[nH]c(-c3c(Cl)c(OC)cc(OC)c3Cl)cc2cn1. The number of aromatic amines is 1. The van der Waals surface area contributed by atoms with E-state index in [0.29, 0.717) is 63.8 Å². The van der Waals surface area contributed by atoms with Crippen LogP contribution in [-0.2, 0) is 16.1 Å². The Bertz CT molecular complexity index is 1540. The van der Waals surface area contributed by atoms with Crippen molar-refractivity contribution in [3.05, 3.63) is 63.6 Å². The molecule has 0 aliphatic heterocycles. The third-order valence-electron chi connectivity index (χ3n) is 5.60. The van der Waals surface area contributed by atoms with Crippen molar-refractivity contribution in [1.29, 1.82) is 0 Å². The fourth-order valence-electron chi connectivity index (χ4n) is 3.82. The summed E-state index contributed by atoms with van der Waals surface area (Å²) >= 11 is 13.1. The molecule has 10 nitrogen and oxygen atoms in total. The second kappa shape index (κ2) is 11.0. The van der Waals surface area contributed by atoms with E-state index < -0.39 is 11.5 Å². The molecule has 0 spiro atoms. The number of hydrogen-bond acceptors (Lipinski definition) is 7. The van der Waals surface area contributed by atoms with Crippen molar-refractivity contribution in [2.24, 2.45) is 0 Å². The van der Waals surface area contributed by atoms with Gasteiger partial charge >= 0.3 is 0 Å². The normalized spacial score (nSPS) is 10.9. The standard InChI is InChI=1S/C25H23Cl2N5O5/c1-5-20(33)30-17-12-29-32(6-7-35-2)24(17)16-9-14-13(11-28-16)8-15(31-25(14)34)21-22(26)18(36-3)10-19(37-4)23(21)27/h5,8-12H,1,6-7H2,2-4H3,(H,30,33)(H,31,34). The number of benzene rings is 1. The van der Waals surface area contributed by atoms with Gasteiger partial charge in [0.05, 0.1) is 66.1 Å². The Morgan fingerprint density at radius 3 is 2.46 bits per heavy atom. The van der Waals surface area contributed by atoms with Crippen LogP contribution in [0.15, 0.2) is 48.0 Å². The summed E-state index contributed by atoms with van der Waals surface area (Å²) in [5.41, 5.74) is 1.68. The molecule has 3 heterocycles. The quantitative estimate of drug-likeness (QED) is 0.297. The van der Waals surface area contributed by atoms with Gasteiger partial charge < -0.3 is 24.5 Å². The Morgan fingerprint density at radius 1 is 1.14 bits per heavy atom. The van der Waals surface area contributed by atoms with Crippen molar-refractivity contribution in [3.8, 4) is 34.1 Å². The molecule has 0 aliphatic carbocycles. The van der Waals surface area contributed by atoms with Crippen molar-refractivity contribution in [2.75, 3.05) is 33.3 Å². The molecule has 4 aromatic rings. The molecule has 0 bridgehead atoms. The van der Waals surface area contributed by atoms with Crippen LogP contribution in [0.2, 0.25) is 10.0 Å². The molecule has 0 radical (unpaired) electrons. The molecule has 3 aromatic heterocycles. The van der Waals surface area contributed by atoms with Gasteiger partial charge in [-0.05, 0) is 18.2 Å². The minimum absolute atomic E-state index is 0.220. The third-order valence-corrected chi connectivity index (χ3v) is 6.35. The van der Waals surface area contributed by atoms with E-state index in [1.807, 2.05) is 0 Å². The van der Waals surface area contributed by atoms with Crippen LogP contribution in [0.25, 0.3) is 33.4 Å². The monoisotopic (exact) mass is 543 g/mol. The van der Waals surface area contributed by atoms with Crippen LogP contribution < -0.4 is 20.3 Å². The molecule has 2 N–H and O–H groups in total. The smallest absolute Gasteiger partial charge is 0.256 e. The number of pyridine rings is 2. The van der Waals surface area contributed by atoms with Crippen LogP contribution in [-0.4, -0.2) is 53.6 Å². The third kappa shape index (κ3) is 5.04. The van der Waals surface area contributed by atoms with Gasteiger partial charge in [-0.1, -0.05) is 29.8 Å². The van der Waals surface area contributed by atoms with Gasteiger partial charge in [-0.25, -0.2) is 0 Å². The van der Waals surface area contributed by atoms with E-state index in [1.54, 1.807) is 36.2 Å². The molecular weight excluding hydrogens is 521 g/mol. The first kappa shape index (κ1) is 26.2. The van der Waals surface area contributed by atoms with E-state index in [9.17, 15) is 9.59 Å². The number of aromatic nitrogens is 4. The van der Waals surface area contributed by atoms with E-state index in [0.717, 1.165) is 6.08 Å². The van der Waals surface area contributed by atoms with Gasteiger partial charge in [-0.3, -0.25) is 19.3 Å². The van der Waals surface area contributed by atoms with E-state index in [4.69, 9.17) is 37.4 Å². The molecule has 0 atom stereocenters. The minimum Gasteiger partial charge on any atom is -0.495 e. The summed E-state index contributed by atoms with van der Waals surface area (Å²) in [6.07, 6.45) is 4.21. The van der Waals surface area contributed by atoms with Gasteiger partial charge in [0.1, 0.15) is 17.2 Å². The largest absolute Gasteiger partial charge is 0.495 e. The summed E-state index contributed by atoms with van der Waals surface area (Å²) < 4.78 is 17.5. The number of rotatable bonds is 9. The van der Waals surface area contributed by atoms with E-state index in [1.165, 1.54) is 20.4 Å². The number of ether oxygens (including phenoxy) is 3. The summed E-state index contributed by atoms with van der Waals surface area (Å²) in [7, 11) is 4.51. The zero-order chi connectivity index (χ0) is 26.7. The van der Waals surface area contributed by atoms with E-state index in [-0.39, 0.29) is 10.0 Å². The van der Waals surface area contributed by atoms with Crippen molar-refractivity contribution in [2.45, 2.75) is 6.54 Å². The number of carbonyl (C=O) groups excluding carboxylic acids is 1. The molecule has 1 amide bonds. The Balaban J connectivity index is 1.87. The second-order valence-electron chi connectivity index (χ2n) is 7.77. The maximum Gasteiger partial charge on any atom is 0.256 e. The Kier molecular flexibility index (Phi) is 7.82. The molecule has 37 heavy (non-hydrogen) atoms. The lowest BCUT2D eigenvalue weighted by Gasteiger charge is -2.15. The molecule has 0 fully saturated rings. The predicted octanol–water partition coefficient (Wildman–Crippen LogP) is 4.55. The second-order valence-corrected chi connectivity index (χ2v) is 8.53. The number of hydrogen-bond donors (Lipinski definition) is 2. The predicted molar refractivity (Wildman–Crippen MR) is 143 cm³/mol. The Labute approximate surface area is 221 Å². The lowest BCUT2D eigenvalue weighted by atomic mass is 10.1. The number of carbonyl (C=O) groups is 1. The van der Waals surface area contributed by atoms with Gasteiger partial charge in [0.25, 0.3) is 5.56 Å². The number of methoxy groups -OCH3 is 3. The van der Waals surface area contributed by atoms with Crippen LogP contribution in [0.3, 0.4) is 0 Å². The maximum atomic E-state index is 13.2. The van der Waals surface area contributed by atoms with Crippen LogP contribution >= 0.6 is 23.2 Å². The van der Waals surface area contributed by atoms with Crippen molar-refractivity contribution in [1.82, 2.24) is 19.7 Å². The molecule has 1 aromatic carbocycles. The molecule has 0 saturated carbocycles. The van der Waals surface area contributed by atoms with Crippen molar-refractivity contribution < 1.29 is 19.0 Å². The lowest BCUT2D eigenvalue weighted by Crippen LogP contribution is -2.12. The number of H-pyrrole nitrogens is 1. The van der Waals surface area contributed by atoms with Crippen LogP contribution in [0.1, 0.15) is 0 Å². The summed E-state index contributed by atoms with van der Waals surface area (Å²) in [6, 6.07) is 4.90. The van der Waals surface area contributed by atoms with E-state index >= 15 is 0 Å². The van der Waals surface area contributed by atoms with Crippen molar-refractivity contribution >= 4 is 45.6 Å². The molecule has 192 valence electrons. The highest BCUT2D eigenvalue weighted by Gasteiger charge is 2.21. The highest BCUT2D eigenvalue weighted by molar-refractivity contribution is 6.41. The summed E-state index contributed by atoms with van der Waals surface area (Å²) in [6.45, 7) is 4.26. The Morgan fingerprint density at radius 2 is 1.84 bits per heavy atom. The molecule has 12 heteroatoms. The molecule has 0 saturated heterocycles. The molecular formula is C25H23Cl2N5O5. The van der Waals surface area contributed by atoms with Gasteiger partial charge in [0.15, 0.2) is 0 Å². The maximum absolute atomic E-state index is 13.2. The first-order valence-corrected chi connectivity index (χ1v) is 11.7. The van der Waals surface area contributed by atoms with E-state index in [2.05, 4.69) is 27.0 Å². The Hall–Kier alpha value is -3.86. The number of nitrogens with zero attached hydrogens (tertiary/aromatic N) is 3. The number of nitrogens with one attached hydrogen (secondary N) is 2. The van der Waals surface area contributed by atoms with Crippen LogP contribution in [0.4, 0.5) is 5.69 Å². The summed E-state index contributed by atoms with van der Waals surface area (Å²) in [5.74, 6) is 0.273. The fraction of sp³-hybridized carbons (Fsp3) is 0.200. The fourth-order valence-corrected chi connectivity index (χ4v) is 4.53. The minimum atomic E-state index is -0.404. The van der Waals surface area contributed by atoms with Gasteiger partial charge in [0, 0.05) is 30.3 Å². The summed E-state index contributed by atoms with van der Waals surface area (Å²) in [5, 5.41) is 8.39. The van der Waals surface area contributed by atoms with Gasteiger partial charge in [-0.2, -0.15) is 5.10 Å². The average Bonchev–Trinajstić information content (AvgIpc) is 3.29. The van der Waals surface area contributed by atoms with Gasteiger partial charge in [0.2, 0.25) is 5.91 Å². The molecule has 0 unspecified atom stereocenters. The zero-order valence-corrected chi connectivity index (χ0v) is 21.7. The van der Waals surface area contributed by atoms with Crippen molar-refractivity contribution in [3.63, 3.8) is 0 Å². The highest BCUT2D eigenvalue weighted by atomic mass is 35.5. The first-order chi connectivity index (χ1) is 17.8. The number of anilines is 1. The number of fused-ring (bicyclic) bond motifs is 1. The molecule has 0 aliphatic rings. The molecule has 4 rings (SSSR count). The topological polar surface area (TPSA) is 120 Å². The zero-order valence-electron chi connectivity index (χ0n) is 20.2. The number of amides is 1. The van der Waals surface area contributed by atoms with Gasteiger partial charge in [-0.15, -0.1) is 0 Å². The summed E-state index contributed by atoms with van der Waals surface area (Å²) in [4.78, 5) is 32.6. The average molecular weight is 544 g/mol. The van der Waals surface area contributed by atoms with Crippen LogP contribution in [0, 0.1) is 0 Å². The highest BCUT2D eigenvalue weighted by Crippen LogP contribution is 2.45. The lowest BCUT2D eigenvalue weighted by molar-refractivity contribution is -0.111. The van der Waals surface area contributed by atoms with Crippen LogP contribution in [0.5, 0.6) is 11.5 Å². The first-order valence-electron chi connectivity index (χ1n) is 10.9.